The molecule has 0 aromatic carbocycles. The fourth-order valence-electron chi connectivity index (χ4n) is 11.0. The number of phosphoric acid groups is 1. The standard InChI is InChI=1S/C73H141N2O6P/c1-6-8-10-12-14-16-18-20-22-24-26-28-30-32-33-34-35-36-37-38-39-40-41-43-45-47-49-51-53-55-57-59-61-63-65-67-73(77)74-71(70-81-82(78,79)80-69-68-75(3,4)5)72(76)66-64-62-60-58-56-54-52-50-48-46-44-42-31-29-27-25-23-21-19-17-15-13-11-9-7-2/h8,10,14,16,20,22,26,28,71-72,76H,6-7,9,11-13,15,17-19,21,23-25,27,29-70H2,1-5H3,(H-,74,77,78,79)/p+1/b10-8-,16-14-,22-20-,28-26-. The highest BCUT2D eigenvalue weighted by Crippen LogP contribution is 2.43. The van der Waals surface area contributed by atoms with Crippen molar-refractivity contribution in [3.05, 3.63) is 48.6 Å². The SMILES string of the molecule is CC/C=C\C/C=C\C/C=C\C/C=C\CCCCCCCCCCCCCCCCCCCCCCCCC(=O)NC(COP(=O)(O)OCC[N+](C)(C)C)C(O)CCCCCCCCCCCCCCCCCCCCCCCCCCC. The summed E-state index contributed by atoms with van der Waals surface area (Å²) in [6.07, 6.45) is 86.5. The molecular formula is C73H142N2O6P+. The highest BCUT2D eigenvalue weighted by atomic mass is 31.2. The Kier molecular flexibility index (Phi) is 62.7. The molecule has 8 nitrogen and oxygen atoms in total. The third-order valence-electron chi connectivity index (χ3n) is 16.6. The zero-order valence-electron chi connectivity index (χ0n) is 55.5. The van der Waals surface area contributed by atoms with E-state index in [0.29, 0.717) is 23.9 Å². The Hall–Kier alpha value is -1.54. The minimum Gasteiger partial charge on any atom is -0.391 e. The summed E-state index contributed by atoms with van der Waals surface area (Å²) in [5, 5.41) is 14.2. The number of hydrogen-bond acceptors (Lipinski definition) is 5. The van der Waals surface area contributed by atoms with Gasteiger partial charge in [-0.3, -0.25) is 13.8 Å². The second-order valence-electron chi connectivity index (χ2n) is 25.9. The monoisotopic (exact) mass is 1170 g/mol. The molecule has 1 amide bonds. The van der Waals surface area contributed by atoms with E-state index < -0.39 is 20.0 Å². The van der Waals surface area contributed by atoms with Crippen molar-refractivity contribution < 1.29 is 32.9 Å². The third kappa shape index (κ3) is 66.0. The number of nitrogens with one attached hydrogen (secondary N) is 1. The van der Waals surface area contributed by atoms with Gasteiger partial charge in [0.15, 0.2) is 0 Å². The van der Waals surface area contributed by atoms with E-state index in [1.807, 2.05) is 21.1 Å². The number of phosphoric ester groups is 1. The third-order valence-corrected chi connectivity index (χ3v) is 17.6. The van der Waals surface area contributed by atoms with Gasteiger partial charge in [0.2, 0.25) is 5.91 Å². The van der Waals surface area contributed by atoms with Crippen molar-refractivity contribution in [1.29, 1.82) is 0 Å². The summed E-state index contributed by atoms with van der Waals surface area (Å²) in [6, 6.07) is -0.761. The van der Waals surface area contributed by atoms with E-state index >= 15 is 0 Å². The molecule has 0 saturated heterocycles. The summed E-state index contributed by atoms with van der Waals surface area (Å²) in [6.45, 7) is 4.83. The molecular weight excluding hydrogens is 1030 g/mol. The molecule has 3 N–H and O–H groups in total. The van der Waals surface area contributed by atoms with Gasteiger partial charge in [0, 0.05) is 6.42 Å². The van der Waals surface area contributed by atoms with Gasteiger partial charge < -0.3 is 19.8 Å². The lowest BCUT2D eigenvalue weighted by Gasteiger charge is -2.26. The molecule has 0 radical (unpaired) electrons. The van der Waals surface area contributed by atoms with E-state index in [-0.39, 0.29) is 19.1 Å². The van der Waals surface area contributed by atoms with Crippen LogP contribution in [0.25, 0.3) is 0 Å². The van der Waals surface area contributed by atoms with Crippen LogP contribution in [0.5, 0.6) is 0 Å². The van der Waals surface area contributed by atoms with E-state index in [0.717, 1.165) is 64.2 Å². The molecule has 0 aliphatic rings. The fourth-order valence-corrected chi connectivity index (χ4v) is 11.8. The van der Waals surface area contributed by atoms with Gasteiger partial charge in [-0.25, -0.2) is 4.57 Å². The summed E-state index contributed by atoms with van der Waals surface area (Å²) in [7, 11) is 1.63. The maximum atomic E-state index is 13.1. The zero-order chi connectivity index (χ0) is 59.8. The number of hydrogen-bond donors (Lipinski definition) is 3. The summed E-state index contributed by atoms with van der Waals surface area (Å²) in [5.41, 5.74) is 0. The first-order valence-corrected chi connectivity index (χ1v) is 37.5. The molecule has 0 aliphatic carbocycles. The van der Waals surface area contributed by atoms with Crippen molar-refractivity contribution in [3.63, 3.8) is 0 Å². The molecule has 3 atom stereocenters. The van der Waals surface area contributed by atoms with E-state index in [2.05, 4.69) is 67.8 Å². The predicted molar refractivity (Wildman–Crippen MR) is 360 cm³/mol. The number of carbonyl (C=O) groups excluding carboxylic acids is 1. The largest absolute Gasteiger partial charge is 0.472 e. The molecule has 82 heavy (non-hydrogen) atoms. The van der Waals surface area contributed by atoms with Crippen LogP contribution in [-0.2, 0) is 18.4 Å². The zero-order valence-corrected chi connectivity index (χ0v) is 56.4. The highest BCUT2D eigenvalue weighted by molar-refractivity contribution is 7.47. The summed E-state index contributed by atoms with van der Waals surface area (Å²) >= 11 is 0. The Bertz CT molecular complexity index is 1480. The first-order valence-electron chi connectivity index (χ1n) is 36.0. The lowest BCUT2D eigenvalue weighted by molar-refractivity contribution is -0.870. The van der Waals surface area contributed by atoms with E-state index in [1.54, 1.807) is 0 Å². The van der Waals surface area contributed by atoms with Gasteiger partial charge >= 0.3 is 7.82 Å². The topological polar surface area (TPSA) is 105 Å². The number of quaternary nitrogens is 1. The quantitative estimate of drug-likeness (QED) is 0.0243. The molecule has 0 fully saturated rings. The molecule has 0 aliphatic heterocycles. The van der Waals surface area contributed by atoms with Crippen LogP contribution in [0.3, 0.4) is 0 Å². The van der Waals surface area contributed by atoms with Crippen LogP contribution >= 0.6 is 7.82 Å². The Morgan fingerprint density at radius 1 is 0.427 bits per heavy atom. The molecule has 9 heteroatoms. The maximum Gasteiger partial charge on any atom is 0.472 e. The summed E-state index contributed by atoms with van der Waals surface area (Å²) < 4.78 is 23.9. The number of amides is 1. The lowest BCUT2D eigenvalue weighted by atomic mass is 10.0. The average Bonchev–Trinajstić information content (AvgIpc) is 3.45. The lowest BCUT2D eigenvalue weighted by Crippen LogP contribution is -2.46. The van der Waals surface area contributed by atoms with Crippen LogP contribution in [0.15, 0.2) is 48.6 Å². The molecule has 0 aromatic rings. The van der Waals surface area contributed by atoms with Crippen molar-refractivity contribution in [2.24, 2.45) is 0 Å². The van der Waals surface area contributed by atoms with Gasteiger partial charge in [-0.15, -0.1) is 0 Å². The Morgan fingerprint density at radius 2 is 0.732 bits per heavy atom. The number of rotatable bonds is 67. The second kappa shape index (κ2) is 63.9. The van der Waals surface area contributed by atoms with Crippen molar-refractivity contribution in [3.8, 4) is 0 Å². The van der Waals surface area contributed by atoms with Crippen molar-refractivity contribution >= 4 is 13.7 Å². The number of likely N-dealkylation sites (N-methyl/N-ethyl adjacent to an activating group) is 1. The molecule has 0 saturated carbocycles. The van der Waals surface area contributed by atoms with Gasteiger partial charge in [0.05, 0.1) is 39.9 Å². The normalized spacial score (nSPS) is 13.9. The van der Waals surface area contributed by atoms with Gasteiger partial charge in [-0.1, -0.05) is 351 Å². The first kappa shape index (κ1) is 80.5. The van der Waals surface area contributed by atoms with Gasteiger partial charge in [-0.05, 0) is 51.4 Å². The first-order chi connectivity index (χ1) is 40.0. The van der Waals surface area contributed by atoms with Crippen LogP contribution in [0.2, 0.25) is 0 Å². The van der Waals surface area contributed by atoms with Gasteiger partial charge in [0.25, 0.3) is 0 Å². The molecule has 3 unspecified atom stereocenters. The number of carbonyl (C=O) groups is 1. The summed E-state index contributed by atoms with van der Waals surface area (Å²) in [4.78, 5) is 23.5. The Balaban J connectivity index is 3.96. The van der Waals surface area contributed by atoms with Crippen LogP contribution < -0.4 is 5.32 Å². The van der Waals surface area contributed by atoms with Crippen LogP contribution in [-0.4, -0.2) is 73.4 Å². The number of nitrogens with zero attached hydrogens (tertiary/aromatic N) is 1. The van der Waals surface area contributed by atoms with Crippen LogP contribution in [0.4, 0.5) is 0 Å². The minimum atomic E-state index is -4.33. The summed E-state index contributed by atoms with van der Waals surface area (Å²) in [5.74, 6) is -0.137. The second-order valence-corrected chi connectivity index (χ2v) is 27.4. The Morgan fingerprint density at radius 3 is 1.07 bits per heavy atom. The minimum absolute atomic E-state index is 0.0767. The van der Waals surface area contributed by atoms with E-state index in [9.17, 15) is 19.4 Å². The predicted octanol–water partition coefficient (Wildman–Crippen LogP) is 23.0. The number of aliphatic hydroxyl groups excluding tert-OH is 1. The maximum absolute atomic E-state index is 13.1. The van der Waals surface area contributed by atoms with Crippen LogP contribution in [0.1, 0.15) is 361 Å². The van der Waals surface area contributed by atoms with Crippen molar-refractivity contribution in [2.45, 2.75) is 373 Å². The van der Waals surface area contributed by atoms with E-state index in [4.69, 9.17) is 9.05 Å². The smallest absolute Gasteiger partial charge is 0.391 e. The molecule has 0 aromatic heterocycles. The fraction of sp³-hybridized carbons (Fsp3) is 0.877. The molecule has 484 valence electrons. The molecule has 0 rings (SSSR count). The number of unbranched alkanes of at least 4 members (excludes halogenated alkanes) is 46. The molecule has 0 heterocycles. The number of allylic oxidation sites excluding steroid dienone is 8. The average molecular weight is 1170 g/mol. The van der Waals surface area contributed by atoms with E-state index in [1.165, 1.54) is 270 Å². The Labute approximate surface area is 511 Å². The number of aliphatic hydroxyl groups is 1. The molecule has 0 spiro atoms. The van der Waals surface area contributed by atoms with Gasteiger partial charge in [0.1, 0.15) is 13.2 Å². The highest BCUT2D eigenvalue weighted by Gasteiger charge is 2.28. The van der Waals surface area contributed by atoms with Crippen molar-refractivity contribution in [2.75, 3.05) is 40.9 Å². The van der Waals surface area contributed by atoms with Crippen molar-refractivity contribution in [1.82, 2.24) is 5.32 Å². The van der Waals surface area contributed by atoms with Crippen LogP contribution in [0, 0.1) is 0 Å². The van der Waals surface area contributed by atoms with Gasteiger partial charge in [-0.2, -0.15) is 0 Å². The molecule has 0 bridgehead atoms.